The van der Waals surface area contributed by atoms with Gasteiger partial charge in [-0.1, -0.05) is 0 Å². The summed E-state index contributed by atoms with van der Waals surface area (Å²) in [5, 5.41) is 8.91. The number of aliphatic carboxylic acids is 1. The summed E-state index contributed by atoms with van der Waals surface area (Å²) in [6.45, 7) is 0. The van der Waals surface area contributed by atoms with Crippen LogP contribution in [-0.4, -0.2) is 21.8 Å². The molecule has 2 rings (SSSR count). The molecule has 0 aliphatic heterocycles. The average Bonchev–Trinajstić information content (AvgIpc) is 2.40. The number of ketones is 1. The quantitative estimate of drug-likeness (QED) is 0.830. The van der Waals surface area contributed by atoms with Crippen LogP contribution in [0.3, 0.4) is 0 Å². The number of carbonyl (C=O) groups excluding carboxylic acids is 1. The molecule has 1 saturated carbocycles. The molecule has 0 aromatic carbocycles. The second kappa shape index (κ2) is 5.76. The highest BCUT2D eigenvalue weighted by atomic mass is 16.4. The number of hydrogen-bond donors (Lipinski definition) is 1. The first-order valence-electron chi connectivity index (χ1n) is 6.33. The molecule has 18 heavy (non-hydrogen) atoms. The van der Waals surface area contributed by atoms with Gasteiger partial charge < -0.3 is 5.11 Å². The van der Waals surface area contributed by atoms with Crippen LogP contribution >= 0.6 is 0 Å². The van der Waals surface area contributed by atoms with E-state index in [1.807, 2.05) is 0 Å². The zero-order valence-electron chi connectivity index (χ0n) is 10.2. The molecule has 1 aromatic heterocycles. The molecule has 0 saturated heterocycles. The van der Waals surface area contributed by atoms with Gasteiger partial charge in [0.25, 0.3) is 0 Å². The van der Waals surface area contributed by atoms with E-state index in [1.54, 1.807) is 24.5 Å². The van der Waals surface area contributed by atoms with Crippen molar-refractivity contribution in [3.05, 3.63) is 30.1 Å². The molecule has 0 atom stereocenters. The van der Waals surface area contributed by atoms with Crippen LogP contribution < -0.4 is 0 Å². The van der Waals surface area contributed by atoms with E-state index >= 15 is 0 Å². The summed E-state index contributed by atoms with van der Waals surface area (Å²) in [6.07, 6.45) is 6.84. The summed E-state index contributed by atoms with van der Waals surface area (Å²) >= 11 is 0. The van der Waals surface area contributed by atoms with Crippen molar-refractivity contribution in [1.82, 2.24) is 4.98 Å². The first-order chi connectivity index (χ1) is 8.66. The fourth-order valence-corrected chi connectivity index (χ4v) is 2.53. The van der Waals surface area contributed by atoms with E-state index in [9.17, 15) is 9.59 Å². The molecule has 0 unspecified atom stereocenters. The lowest BCUT2D eigenvalue weighted by Crippen LogP contribution is -2.22. The van der Waals surface area contributed by atoms with Crippen LogP contribution in [0.25, 0.3) is 0 Å². The number of Topliss-reactive ketones (excluding diaryl/α,β-unsaturated/α-hetero) is 1. The highest BCUT2D eigenvalue weighted by Crippen LogP contribution is 2.31. The molecule has 96 valence electrons. The first-order valence-corrected chi connectivity index (χ1v) is 6.33. The Labute approximate surface area is 106 Å². The second-order valence-corrected chi connectivity index (χ2v) is 4.92. The first kappa shape index (κ1) is 12.7. The minimum absolute atomic E-state index is 0.135. The molecule has 1 N–H and O–H groups in total. The number of carboxylic acid groups (broad SMARTS) is 1. The summed E-state index contributed by atoms with van der Waals surface area (Å²) in [4.78, 5) is 26.7. The van der Waals surface area contributed by atoms with Gasteiger partial charge in [0.15, 0.2) is 5.78 Å². The summed E-state index contributed by atoms with van der Waals surface area (Å²) in [5.41, 5.74) is 0.699. The van der Waals surface area contributed by atoms with Crippen LogP contribution in [0.15, 0.2) is 24.5 Å². The highest BCUT2D eigenvalue weighted by molar-refractivity contribution is 5.96. The molecular formula is C14H17NO3. The maximum Gasteiger partial charge on any atom is 0.306 e. The molecule has 1 fully saturated rings. The molecular weight excluding hydrogens is 230 g/mol. The Morgan fingerprint density at radius 3 is 2.33 bits per heavy atom. The molecule has 1 aromatic rings. The minimum atomic E-state index is -0.700. The maximum atomic E-state index is 12.0. The molecule has 1 heterocycles. The molecule has 0 spiro atoms. The summed E-state index contributed by atoms with van der Waals surface area (Å²) in [7, 11) is 0. The number of pyridine rings is 1. The molecule has 1 aliphatic rings. The van der Waals surface area contributed by atoms with Crippen molar-refractivity contribution in [2.24, 2.45) is 11.8 Å². The largest absolute Gasteiger partial charge is 0.481 e. The minimum Gasteiger partial charge on any atom is -0.481 e. The molecule has 0 amide bonds. The lowest BCUT2D eigenvalue weighted by atomic mass is 9.79. The summed E-state index contributed by atoms with van der Waals surface area (Å²) < 4.78 is 0. The number of carbonyl (C=O) groups is 2. The van der Waals surface area contributed by atoms with Gasteiger partial charge in [-0.15, -0.1) is 0 Å². The van der Waals surface area contributed by atoms with E-state index < -0.39 is 5.97 Å². The van der Waals surface area contributed by atoms with Crippen LogP contribution in [0.4, 0.5) is 0 Å². The van der Waals surface area contributed by atoms with Crippen molar-refractivity contribution < 1.29 is 14.7 Å². The summed E-state index contributed by atoms with van der Waals surface area (Å²) in [6, 6.07) is 3.45. The maximum absolute atomic E-state index is 12.0. The van der Waals surface area contributed by atoms with E-state index in [4.69, 9.17) is 5.11 Å². The lowest BCUT2D eigenvalue weighted by Gasteiger charge is -2.25. The zero-order valence-corrected chi connectivity index (χ0v) is 10.2. The monoisotopic (exact) mass is 247 g/mol. The Morgan fingerprint density at radius 1 is 1.17 bits per heavy atom. The fourth-order valence-electron chi connectivity index (χ4n) is 2.53. The number of nitrogens with zero attached hydrogens (tertiary/aromatic N) is 1. The van der Waals surface area contributed by atoms with Crippen molar-refractivity contribution in [1.29, 1.82) is 0 Å². The van der Waals surface area contributed by atoms with Crippen molar-refractivity contribution >= 4 is 11.8 Å². The van der Waals surface area contributed by atoms with Gasteiger partial charge in [-0.3, -0.25) is 14.6 Å². The van der Waals surface area contributed by atoms with Gasteiger partial charge in [-0.05, 0) is 43.7 Å². The third-order valence-corrected chi connectivity index (χ3v) is 3.67. The highest BCUT2D eigenvalue weighted by Gasteiger charge is 2.27. The van der Waals surface area contributed by atoms with Crippen LogP contribution in [0.1, 0.15) is 42.5 Å². The van der Waals surface area contributed by atoms with E-state index in [2.05, 4.69) is 4.98 Å². The number of hydrogen-bond acceptors (Lipinski definition) is 3. The summed E-state index contributed by atoms with van der Waals surface area (Å²) in [5.74, 6) is -0.441. The number of aromatic nitrogens is 1. The van der Waals surface area contributed by atoms with Gasteiger partial charge >= 0.3 is 5.97 Å². The van der Waals surface area contributed by atoms with Gasteiger partial charge in [0.1, 0.15) is 0 Å². The zero-order chi connectivity index (χ0) is 13.0. The fraction of sp³-hybridized carbons (Fsp3) is 0.500. The smallest absolute Gasteiger partial charge is 0.306 e. The van der Waals surface area contributed by atoms with Crippen molar-refractivity contribution in [3.8, 4) is 0 Å². The average molecular weight is 247 g/mol. The Balaban J connectivity index is 1.85. The van der Waals surface area contributed by atoms with E-state index in [0.29, 0.717) is 30.7 Å². The third-order valence-electron chi connectivity index (χ3n) is 3.67. The molecule has 4 heteroatoms. The van der Waals surface area contributed by atoms with Crippen LogP contribution in [0.2, 0.25) is 0 Å². The Hall–Kier alpha value is -1.71. The topological polar surface area (TPSA) is 67.3 Å². The SMILES string of the molecule is O=C(CC1CCC(C(=O)O)CC1)c1ccncc1. The van der Waals surface area contributed by atoms with Crippen molar-refractivity contribution in [2.45, 2.75) is 32.1 Å². The molecule has 0 radical (unpaired) electrons. The standard InChI is InChI=1S/C14H17NO3/c16-13(11-5-7-15-8-6-11)9-10-1-3-12(4-2-10)14(17)18/h5-8,10,12H,1-4,9H2,(H,17,18). The van der Waals surface area contributed by atoms with E-state index in [1.165, 1.54) is 0 Å². The van der Waals surface area contributed by atoms with Crippen LogP contribution in [-0.2, 0) is 4.79 Å². The third kappa shape index (κ3) is 3.15. The van der Waals surface area contributed by atoms with E-state index in [0.717, 1.165) is 12.8 Å². The Kier molecular flexibility index (Phi) is 4.07. The molecule has 0 bridgehead atoms. The van der Waals surface area contributed by atoms with Crippen molar-refractivity contribution in [2.75, 3.05) is 0 Å². The predicted molar refractivity (Wildman–Crippen MR) is 66.3 cm³/mol. The van der Waals surface area contributed by atoms with Crippen LogP contribution in [0.5, 0.6) is 0 Å². The number of rotatable bonds is 4. The van der Waals surface area contributed by atoms with Gasteiger partial charge in [0.2, 0.25) is 0 Å². The Bertz CT molecular complexity index is 422. The molecule has 4 nitrogen and oxygen atoms in total. The van der Waals surface area contributed by atoms with Crippen LogP contribution in [0, 0.1) is 11.8 Å². The normalized spacial score (nSPS) is 23.6. The van der Waals surface area contributed by atoms with Gasteiger partial charge in [-0.25, -0.2) is 0 Å². The van der Waals surface area contributed by atoms with Gasteiger partial charge in [0.05, 0.1) is 5.92 Å². The predicted octanol–water partition coefficient (Wildman–Crippen LogP) is 2.55. The van der Waals surface area contributed by atoms with Gasteiger partial charge in [-0.2, -0.15) is 0 Å². The lowest BCUT2D eigenvalue weighted by molar-refractivity contribution is -0.143. The van der Waals surface area contributed by atoms with E-state index in [-0.39, 0.29) is 11.7 Å². The number of carboxylic acids is 1. The van der Waals surface area contributed by atoms with Gasteiger partial charge in [0, 0.05) is 24.4 Å². The Morgan fingerprint density at radius 2 is 1.78 bits per heavy atom. The molecule has 1 aliphatic carbocycles. The van der Waals surface area contributed by atoms with Crippen molar-refractivity contribution in [3.63, 3.8) is 0 Å². The second-order valence-electron chi connectivity index (χ2n) is 4.92.